The van der Waals surface area contributed by atoms with Gasteiger partial charge >= 0.3 is 0 Å². The van der Waals surface area contributed by atoms with Crippen LogP contribution in [0.4, 0.5) is 5.69 Å². The van der Waals surface area contributed by atoms with E-state index in [4.69, 9.17) is 11.6 Å². The van der Waals surface area contributed by atoms with Gasteiger partial charge in [-0.3, -0.25) is 4.79 Å². The van der Waals surface area contributed by atoms with Crippen molar-refractivity contribution in [3.05, 3.63) is 41.1 Å². The van der Waals surface area contributed by atoms with Crippen LogP contribution in [0.5, 0.6) is 0 Å². The molecule has 1 heterocycles. The fraction of sp³-hybridized carbons (Fsp3) is 0.375. The molecule has 1 atom stereocenters. The number of nitriles is 1. The topological polar surface area (TPSA) is 90.3 Å². The van der Waals surface area contributed by atoms with E-state index in [9.17, 15) is 18.5 Å². The quantitative estimate of drug-likeness (QED) is 0.636. The Hall–Kier alpha value is -2.04. The lowest BCUT2D eigenvalue weighted by Gasteiger charge is -2.25. The van der Waals surface area contributed by atoms with Crippen molar-refractivity contribution in [3.63, 3.8) is 0 Å². The van der Waals surface area contributed by atoms with Gasteiger partial charge in [-0.05, 0) is 31.5 Å². The highest BCUT2D eigenvalue weighted by Crippen LogP contribution is 2.19. The summed E-state index contributed by atoms with van der Waals surface area (Å²) in [6, 6.07) is 8.28. The van der Waals surface area contributed by atoms with Crippen molar-refractivity contribution in [1.29, 1.82) is 5.26 Å². The molecule has 0 bridgehead atoms. The van der Waals surface area contributed by atoms with E-state index in [1.807, 2.05) is 13.0 Å². The predicted molar refractivity (Wildman–Crippen MR) is 93.2 cm³/mol. The van der Waals surface area contributed by atoms with Gasteiger partial charge in [-0.25, -0.2) is 8.42 Å². The SMILES string of the molecule is CCN(/C=C(/C#N)C(=O)Nc1cccc(Cl)c1)C1CCS(=O)(=O)C1. The van der Waals surface area contributed by atoms with E-state index in [0.29, 0.717) is 23.7 Å². The molecular formula is C16H18ClN3O3S. The Kier molecular flexibility index (Phi) is 5.86. The standard InChI is InChI=1S/C16H18ClN3O3S/c1-2-20(15-6-7-24(22,23)11-15)10-12(9-18)16(21)19-14-5-3-4-13(17)8-14/h3-5,8,10,15H,2,6-7,11H2,1H3,(H,19,21)/b12-10-. The minimum atomic E-state index is -3.04. The molecule has 1 aliphatic heterocycles. The maximum Gasteiger partial charge on any atom is 0.267 e. The number of hydrogen-bond acceptors (Lipinski definition) is 5. The lowest BCUT2D eigenvalue weighted by atomic mass is 10.2. The number of amides is 1. The molecule has 24 heavy (non-hydrogen) atoms. The minimum absolute atomic E-state index is 0.0476. The zero-order chi connectivity index (χ0) is 17.7. The zero-order valence-corrected chi connectivity index (χ0v) is 14.8. The Morgan fingerprint density at radius 2 is 2.29 bits per heavy atom. The largest absolute Gasteiger partial charge is 0.372 e. The maximum absolute atomic E-state index is 12.3. The summed E-state index contributed by atoms with van der Waals surface area (Å²) in [5.41, 5.74) is 0.404. The number of hydrogen-bond donors (Lipinski definition) is 1. The van der Waals surface area contributed by atoms with Crippen LogP contribution in [0, 0.1) is 11.3 Å². The van der Waals surface area contributed by atoms with Crippen molar-refractivity contribution in [2.24, 2.45) is 0 Å². The van der Waals surface area contributed by atoms with Gasteiger partial charge in [-0.15, -0.1) is 0 Å². The van der Waals surface area contributed by atoms with Gasteiger partial charge in [0.25, 0.3) is 5.91 Å². The molecule has 0 radical (unpaired) electrons. The Bertz CT molecular complexity index is 799. The van der Waals surface area contributed by atoms with E-state index in [0.717, 1.165) is 0 Å². The van der Waals surface area contributed by atoms with Crippen molar-refractivity contribution in [2.75, 3.05) is 23.4 Å². The molecule has 0 aromatic heterocycles. The Balaban J connectivity index is 2.15. The number of benzene rings is 1. The summed E-state index contributed by atoms with van der Waals surface area (Å²) < 4.78 is 23.2. The highest BCUT2D eigenvalue weighted by Gasteiger charge is 2.31. The lowest BCUT2D eigenvalue weighted by molar-refractivity contribution is -0.112. The number of carbonyl (C=O) groups excluding carboxylic acids is 1. The van der Waals surface area contributed by atoms with Crippen LogP contribution >= 0.6 is 11.6 Å². The van der Waals surface area contributed by atoms with Gasteiger partial charge in [0.1, 0.15) is 11.6 Å². The van der Waals surface area contributed by atoms with Crippen molar-refractivity contribution in [3.8, 4) is 6.07 Å². The Labute approximate surface area is 146 Å². The molecular weight excluding hydrogens is 350 g/mol. The third-order valence-corrected chi connectivity index (χ3v) is 5.77. The van der Waals surface area contributed by atoms with Crippen LogP contribution in [0.25, 0.3) is 0 Å². The molecule has 1 unspecified atom stereocenters. The summed E-state index contributed by atoms with van der Waals surface area (Å²) in [5.74, 6) is -0.371. The summed E-state index contributed by atoms with van der Waals surface area (Å²) in [7, 11) is -3.04. The molecule has 1 fully saturated rings. The van der Waals surface area contributed by atoms with Crippen molar-refractivity contribution in [1.82, 2.24) is 4.90 Å². The molecule has 1 aromatic rings. The summed E-state index contributed by atoms with van der Waals surface area (Å²) in [5, 5.41) is 12.4. The first kappa shape index (κ1) is 18.3. The van der Waals surface area contributed by atoms with Crippen LogP contribution < -0.4 is 5.32 Å². The van der Waals surface area contributed by atoms with E-state index >= 15 is 0 Å². The first-order valence-electron chi connectivity index (χ1n) is 7.49. The highest BCUT2D eigenvalue weighted by atomic mass is 35.5. The monoisotopic (exact) mass is 367 g/mol. The van der Waals surface area contributed by atoms with E-state index in [2.05, 4.69) is 5.32 Å². The molecule has 0 aliphatic carbocycles. The molecule has 1 amide bonds. The second-order valence-corrected chi connectivity index (χ2v) is 8.17. The van der Waals surface area contributed by atoms with Crippen molar-refractivity contribution >= 4 is 33.0 Å². The first-order valence-corrected chi connectivity index (χ1v) is 9.69. The fourth-order valence-electron chi connectivity index (χ4n) is 2.56. The van der Waals surface area contributed by atoms with E-state index < -0.39 is 15.7 Å². The van der Waals surface area contributed by atoms with Crippen LogP contribution in [0.15, 0.2) is 36.0 Å². The first-order chi connectivity index (χ1) is 11.3. The molecule has 128 valence electrons. The molecule has 1 saturated heterocycles. The second-order valence-electron chi connectivity index (χ2n) is 5.51. The summed E-state index contributed by atoms with van der Waals surface area (Å²) in [6.07, 6.45) is 1.94. The third kappa shape index (κ3) is 4.73. The number of anilines is 1. The van der Waals surface area contributed by atoms with Crippen LogP contribution in [-0.4, -0.2) is 43.3 Å². The Morgan fingerprint density at radius 3 is 2.83 bits per heavy atom. The lowest BCUT2D eigenvalue weighted by Crippen LogP contribution is -2.32. The molecule has 1 aliphatic rings. The zero-order valence-electron chi connectivity index (χ0n) is 13.2. The third-order valence-electron chi connectivity index (χ3n) is 3.79. The molecule has 2 rings (SSSR count). The van der Waals surface area contributed by atoms with Gasteiger partial charge in [-0.1, -0.05) is 17.7 Å². The van der Waals surface area contributed by atoms with Gasteiger partial charge in [-0.2, -0.15) is 5.26 Å². The Morgan fingerprint density at radius 1 is 1.54 bits per heavy atom. The number of sulfone groups is 1. The van der Waals surface area contributed by atoms with Crippen LogP contribution in [0.2, 0.25) is 5.02 Å². The number of halogens is 1. The predicted octanol–water partition coefficient (Wildman–Crippen LogP) is 2.19. The van der Waals surface area contributed by atoms with E-state index in [-0.39, 0.29) is 23.1 Å². The van der Waals surface area contributed by atoms with Crippen LogP contribution in [0.1, 0.15) is 13.3 Å². The fourth-order valence-corrected chi connectivity index (χ4v) is 4.49. The van der Waals surface area contributed by atoms with Gasteiger partial charge in [0.05, 0.1) is 11.5 Å². The number of nitrogens with one attached hydrogen (secondary N) is 1. The van der Waals surface area contributed by atoms with Gasteiger partial charge < -0.3 is 10.2 Å². The average Bonchev–Trinajstić information content (AvgIpc) is 2.88. The smallest absolute Gasteiger partial charge is 0.267 e. The van der Waals surface area contributed by atoms with Gasteiger partial charge in [0.2, 0.25) is 0 Å². The normalized spacial score (nSPS) is 19.5. The molecule has 0 spiro atoms. The summed E-state index contributed by atoms with van der Waals surface area (Å²) >= 11 is 5.87. The average molecular weight is 368 g/mol. The molecule has 8 heteroatoms. The van der Waals surface area contributed by atoms with E-state index in [1.54, 1.807) is 29.2 Å². The van der Waals surface area contributed by atoms with Gasteiger partial charge in [0, 0.05) is 29.5 Å². The molecule has 1 aromatic carbocycles. The number of rotatable bonds is 5. The second kappa shape index (κ2) is 7.69. The highest BCUT2D eigenvalue weighted by molar-refractivity contribution is 7.91. The minimum Gasteiger partial charge on any atom is -0.372 e. The van der Waals surface area contributed by atoms with Crippen LogP contribution in [-0.2, 0) is 14.6 Å². The van der Waals surface area contributed by atoms with Gasteiger partial charge in [0.15, 0.2) is 9.84 Å². The van der Waals surface area contributed by atoms with Crippen molar-refractivity contribution < 1.29 is 13.2 Å². The molecule has 6 nitrogen and oxygen atoms in total. The summed E-state index contributed by atoms with van der Waals surface area (Å²) in [4.78, 5) is 14.0. The number of carbonyl (C=O) groups is 1. The van der Waals surface area contributed by atoms with Crippen molar-refractivity contribution in [2.45, 2.75) is 19.4 Å². The maximum atomic E-state index is 12.3. The van der Waals surface area contributed by atoms with Crippen LogP contribution in [0.3, 0.4) is 0 Å². The molecule has 0 saturated carbocycles. The van der Waals surface area contributed by atoms with E-state index in [1.165, 1.54) is 6.20 Å². The summed E-state index contributed by atoms with van der Waals surface area (Å²) in [6.45, 7) is 2.36. The molecule has 1 N–H and O–H groups in total. The number of nitrogens with zero attached hydrogens (tertiary/aromatic N) is 2.